The third-order valence-corrected chi connectivity index (χ3v) is 9.80. The number of hydrogen-bond acceptors (Lipinski definition) is 3. The van der Waals surface area contributed by atoms with Crippen LogP contribution in [0.25, 0.3) is 5.57 Å². The van der Waals surface area contributed by atoms with Gasteiger partial charge in [0.1, 0.15) is 0 Å². The molecule has 1 aromatic rings. The molecule has 7 atom stereocenters. The van der Waals surface area contributed by atoms with Crippen molar-refractivity contribution in [2.75, 3.05) is 13.2 Å². The van der Waals surface area contributed by atoms with E-state index in [0.29, 0.717) is 30.1 Å². The van der Waals surface area contributed by atoms with Gasteiger partial charge in [0.2, 0.25) is 0 Å². The molecule has 0 spiro atoms. The van der Waals surface area contributed by atoms with Gasteiger partial charge < -0.3 is 13.9 Å². The van der Waals surface area contributed by atoms with Gasteiger partial charge in [0.05, 0.1) is 37.9 Å². The molecular formula is C29H40O3. The number of ether oxygens (including phenoxy) is 2. The maximum atomic E-state index is 6.55. The Balaban J connectivity index is 1.28. The van der Waals surface area contributed by atoms with E-state index in [1.165, 1.54) is 44.9 Å². The summed E-state index contributed by atoms with van der Waals surface area (Å²) in [6, 6.07) is 1.97. The van der Waals surface area contributed by atoms with E-state index in [1.807, 2.05) is 12.1 Å². The summed E-state index contributed by atoms with van der Waals surface area (Å²) in [6.45, 7) is 14.4. The lowest BCUT2D eigenvalue weighted by atomic mass is 9.47. The molecule has 0 radical (unpaired) electrons. The van der Waals surface area contributed by atoms with Crippen molar-refractivity contribution in [2.24, 2.45) is 28.6 Å². The van der Waals surface area contributed by atoms with Gasteiger partial charge in [-0.2, -0.15) is 0 Å². The fourth-order valence-corrected chi connectivity index (χ4v) is 8.00. The first-order valence-electron chi connectivity index (χ1n) is 12.7. The van der Waals surface area contributed by atoms with Crippen molar-refractivity contribution < 1.29 is 13.9 Å². The predicted octanol–water partition coefficient (Wildman–Crippen LogP) is 7.21. The van der Waals surface area contributed by atoms with Crippen LogP contribution in [0.2, 0.25) is 0 Å². The van der Waals surface area contributed by atoms with Crippen molar-refractivity contribution in [3.05, 3.63) is 55.0 Å². The van der Waals surface area contributed by atoms with Gasteiger partial charge in [-0.25, -0.2) is 0 Å². The summed E-state index contributed by atoms with van der Waals surface area (Å²) in [5.41, 5.74) is 4.44. The van der Waals surface area contributed by atoms with Crippen LogP contribution in [-0.4, -0.2) is 25.4 Å². The van der Waals surface area contributed by atoms with Crippen molar-refractivity contribution in [1.29, 1.82) is 0 Å². The first kappa shape index (κ1) is 22.2. The number of allylic oxidation sites excluding steroid dienone is 1. The van der Waals surface area contributed by atoms with Crippen LogP contribution < -0.4 is 0 Å². The van der Waals surface area contributed by atoms with Gasteiger partial charge in [-0.3, -0.25) is 0 Å². The third kappa shape index (κ3) is 3.66. The van der Waals surface area contributed by atoms with Crippen molar-refractivity contribution in [2.45, 2.75) is 77.4 Å². The maximum absolute atomic E-state index is 6.55. The first-order valence-corrected chi connectivity index (χ1v) is 12.7. The van der Waals surface area contributed by atoms with E-state index in [4.69, 9.17) is 13.9 Å². The zero-order valence-corrected chi connectivity index (χ0v) is 20.0. The Hall–Kier alpha value is -1.58. The van der Waals surface area contributed by atoms with E-state index in [0.717, 1.165) is 35.3 Å². The molecule has 3 fully saturated rings. The summed E-state index contributed by atoms with van der Waals surface area (Å²) < 4.78 is 17.8. The van der Waals surface area contributed by atoms with Gasteiger partial charge in [-0.15, -0.1) is 6.58 Å². The first-order chi connectivity index (χ1) is 15.5. The predicted molar refractivity (Wildman–Crippen MR) is 129 cm³/mol. The molecular weight excluding hydrogens is 396 g/mol. The summed E-state index contributed by atoms with van der Waals surface area (Å²) in [4.78, 5) is 0. The van der Waals surface area contributed by atoms with Gasteiger partial charge in [0, 0.05) is 5.56 Å². The molecule has 4 aliphatic carbocycles. The number of hydrogen-bond donors (Lipinski definition) is 0. The standard InChI is InChI=1S/C29H40O3/c1-5-15-31-23-10-13-28(3)22(17-23)6-7-24-25-8-9-27(29(25,4)14-11-26(24)28)32-18-20(2)21-12-16-30-19-21/h5,12,16-17,19,23-27H,1-2,6-11,13-15,18H2,3-4H3/t23-,24-,25+,26-,27+,28-,29-/m0/s1. The second-order valence-corrected chi connectivity index (χ2v) is 11.3. The van der Waals surface area contributed by atoms with Gasteiger partial charge in [0.15, 0.2) is 0 Å². The average Bonchev–Trinajstić information content (AvgIpc) is 3.44. The smallest absolute Gasteiger partial charge is 0.0978 e. The second kappa shape index (κ2) is 8.65. The lowest BCUT2D eigenvalue weighted by Gasteiger charge is -2.58. The molecule has 0 aromatic carbocycles. The average molecular weight is 437 g/mol. The lowest BCUT2D eigenvalue weighted by Crippen LogP contribution is -2.51. The summed E-state index contributed by atoms with van der Waals surface area (Å²) in [7, 11) is 0. The molecule has 0 N–H and O–H groups in total. The van der Waals surface area contributed by atoms with E-state index in [9.17, 15) is 0 Å². The molecule has 174 valence electrons. The molecule has 3 nitrogen and oxygen atoms in total. The molecule has 4 aliphatic rings. The highest BCUT2D eigenvalue weighted by Crippen LogP contribution is 2.65. The zero-order valence-electron chi connectivity index (χ0n) is 20.0. The Morgan fingerprint density at radius 1 is 1.12 bits per heavy atom. The van der Waals surface area contributed by atoms with Gasteiger partial charge in [-0.1, -0.05) is 38.2 Å². The highest BCUT2D eigenvalue weighted by Gasteiger charge is 2.59. The SMILES string of the molecule is C=CCO[C@@H]1C=C2CC[C@H]3[C@H]4CC[C@@H](OCC(=C)c5ccoc5)[C@@]4(C)CC[C@@H]3[C@@]2(C)CC1. The maximum Gasteiger partial charge on any atom is 0.0978 e. The highest BCUT2D eigenvalue weighted by molar-refractivity contribution is 5.62. The van der Waals surface area contributed by atoms with Crippen molar-refractivity contribution in [3.63, 3.8) is 0 Å². The summed E-state index contributed by atoms with van der Waals surface area (Å²) >= 11 is 0. The molecule has 0 aliphatic heterocycles. The molecule has 0 unspecified atom stereocenters. The lowest BCUT2D eigenvalue weighted by molar-refractivity contribution is -0.0924. The van der Waals surface area contributed by atoms with Crippen LogP contribution in [0, 0.1) is 28.6 Å². The largest absolute Gasteiger partial charge is 0.472 e. The Morgan fingerprint density at radius 2 is 2.00 bits per heavy atom. The monoisotopic (exact) mass is 436 g/mol. The van der Waals surface area contributed by atoms with E-state index in [-0.39, 0.29) is 6.10 Å². The van der Waals surface area contributed by atoms with Crippen LogP contribution in [0.3, 0.4) is 0 Å². The molecule has 3 heteroatoms. The van der Waals surface area contributed by atoms with Gasteiger partial charge >= 0.3 is 0 Å². The van der Waals surface area contributed by atoms with Gasteiger partial charge in [-0.05, 0) is 91.6 Å². The number of furan rings is 1. The fraction of sp³-hybridized carbons (Fsp3) is 0.655. The molecule has 0 saturated heterocycles. The Bertz CT molecular complexity index is 867. The molecule has 1 heterocycles. The minimum atomic E-state index is 0.286. The van der Waals surface area contributed by atoms with Crippen molar-refractivity contribution >= 4 is 5.57 Å². The molecule has 0 bridgehead atoms. The quantitative estimate of drug-likeness (QED) is 0.423. The Morgan fingerprint density at radius 3 is 2.78 bits per heavy atom. The van der Waals surface area contributed by atoms with Crippen molar-refractivity contribution in [3.8, 4) is 0 Å². The number of fused-ring (bicyclic) bond motifs is 5. The topological polar surface area (TPSA) is 31.6 Å². The van der Waals surface area contributed by atoms with Crippen LogP contribution >= 0.6 is 0 Å². The van der Waals surface area contributed by atoms with E-state index in [1.54, 1.807) is 18.1 Å². The fourth-order valence-electron chi connectivity index (χ4n) is 8.00. The summed E-state index contributed by atoms with van der Waals surface area (Å²) in [6.07, 6.45) is 18.6. The van der Waals surface area contributed by atoms with Crippen LogP contribution in [0.5, 0.6) is 0 Å². The summed E-state index contributed by atoms with van der Waals surface area (Å²) in [5.74, 6) is 2.45. The van der Waals surface area contributed by atoms with E-state index < -0.39 is 0 Å². The van der Waals surface area contributed by atoms with Crippen LogP contribution in [0.15, 0.2) is 53.9 Å². The molecule has 32 heavy (non-hydrogen) atoms. The van der Waals surface area contributed by atoms with Crippen LogP contribution in [0.1, 0.15) is 70.8 Å². The van der Waals surface area contributed by atoms with Gasteiger partial charge in [0.25, 0.3) is 0 Å². The zero-order chi connectivity index (χ0) is 22.3. The van der Waals surface area contributed by atoms with Crippen LogP contribution in [-0.2, 0) is 9.47 Å². The van der Waals surface area contributed by atoms with Crippen LogP contribution in [0.4, 0.5) is 0 Å². The second-order valence-electron chi connectivity index (χ2n) is 11.3. The van der Waals surface area contributed by atoms with E-state index in [2.05, 4.69) is 33.1 Å². The molecule has 5 rings (SSSR count). The summed E-state index contributed by atoms with van der Waals surface area (Å²) in [5, 5.41) is 0. The van der Waals surface area contributed by atoms with E-state index >= 15 is 0 Å². The molecule has 3 saturated carbocycles. The Labute approximate surface area is 193 Å². The minimum Gasteiger partial charge on any atom is -0.472 e. The highest BCUT2D eigenvalue weighted by atomic mass is 16.5. The number of rotatable bonds is 7. The minimum absolute atomic E-state index is 0.286. The normalized spacial score (nSPS) is 40.7. The molecule has 0 amide bonds. The van der Waals surface area contributed by atoms with Crippen molar-refractivity contribution in [1.82, 2.24) is 0 Å². The Kier molecular flexibility index (Phi) is 6.01. The third-order valence-electron chi connectivity index (χ3n) is 9.80. The molecule has 1 aromatic heterocycles.